The van der Waals surface area contributed by atoms with E-state index in [0.717, 1.165) is 57.5 Å². The van der Waals surface area contributed by atoms with Crippen LogP contribution in [0.5, 0.6) is 0 Å². The van der Waals surface area contributed by atoms with E-state index in [4.69, 9.17) is 0 Å². The van der Waals surface area contributed by atoms with Gasteiger partial charge in [0.15, 0.2) is 0 Å². The minimum Gasteiger partial charge on any atom is -0.338 e. The van der Waals surface area contributed by atoms with Gasteiger partial charge in [0.1, 0.15) is 0 Å². The molecule has 0 bridgehead atoms. The van der Waals surface area contributed by atoms with Gasteiger partial charge in [0, 0.05) is 39.8 Å². The maximum absolute atomic E-state index is 12.7. The van der Waals surface area contributed by atoms with E-state index in [-0.39, 0.29) is 10.8 Å². The van der Waals surface area contributed by atoms with Gasteiger partial charge in [-0.2, -0.15) is 0 Å². The number of aryl methyl sites for hydroxylation is 1. The Balaban J connectivity index is 1.47. The molecule has 32 heavy (non-hydrogen) atoms. The van der Waals surface area contributed by atoms with E-state index < -0.39 is 10.0 Å². The molecule has 0 unspecified atom stereocenters. The van der Waals surface area contributed by atoms with Crippen LogP contribution in [-0.4, -0.2) is 75.2 Å². The molecule has 6 nitrogen and oxygen atoms in total. The summed E-state index contributed by atoms with van der Waals surface area (Å²) in [7, 11) is -0.430. The van der Waals surface area contributed by atoms with Crippen LogP contribution in [0.1, 0.15) is 24.0 Å². The predicted octanol–water partition coefficient (Wildman–Crippen LogP) is 3.12. The summed E-state index contributed by atoms with van der Waals surface area (Å²) in [4.78, 5) is 17.3. The highest BCUT2D eigenvalue weighted by Crippen LogP contribution is 2.15. The summed E-state index contributed by atoms with van der Waals surface area (Å²) in [5, 5.41) is 0. The Morgan fingerprint density at radius 2 is 1.69 bits per heavy atom. The molecule has 0 atom stereocenters. The molecule has 2 aromatic rings. The van der Waals surface area contributed by atoms with Crippen LogP contribution < -0.4 is 0 Å². The van der Waals surface area contributed by atoms with Gasteiger partial charge in [0.25, 0.3) is 0 Å². The van der Waals surface area contributed by atoms with Crippen LogP contribution in [-0.2, 0) is 21.2 Å². The van der Waals surface area contributed by atoms with E-state index in [1.807, 2.05) is 11.0 Å². The molecule has 2 aromatic carbocycles. The van der Waals surface area contributed by atoms with Crippen molar-refractivity contribution in [1.29, 1.82) is 0 Å². The van der Waals surface area contributed by atoms with Crippen molar-refractivity contribution in [2.45, 2.75) is 24.2 Å². The first-order chi connectivity index (χ1) is 15.4. The van der Waals surface area contributed by atoms with Gasteiger partial charge >= 0.3 is 0 Å². The molecule has 0 radical (unpaired) electrons. The standard InChI is InChI=1S/C25H33N3O3S/c1-26(2)32(30,31)24-14-11-23(12-15-24)13-16-25(29)28-19-7-18-27(20-21-28)17-6-10-22-8-4-3-5-9-22/h3-5,8-9,11-16H,6-7,10,17-21H2,1-2H3/b16-13+. The molecule has 1 aliphatic heterocycles. The second-order valence-corrected chi connectivity index (χ2v) is 10.5. The molecule has 1 amide bonds. The monoisotopic (exact) mass is 455 g/mol. The predicted molar refractivity (Wildman–Crippen MR) is 129 cm³/mol. The van der Waals surface area contributed by atoms with E-state index in [0.29, 0.717) is 0 Å². The average Bonchev–Trinajstić information content (AvgIpc) is 3.04. The van der Waals surface area contributed by atoms with Gasteiger partial charge in [-0.25, -0.2) is 12.7 Å². The summed E-state index contributed by atoms with van der Waals surface area (Å²) < 4.78 is 25.5. The normalized spacial score (nSPS) is 15.9. The van der Waals surface area contributed by atoms with Gasteiger partial charge in [-0.05, 0) is 61.7 Å². The third-order valence-corrected chi connectivity index (χ3v) is 7.59. The van der Waals surface area contributed by atoms with Crippen LogP contribution in [0.2, 0.25) is 0 Å². The smallest absolute Gasteiger partial charge is 0.246 e. The third kappa shape index (κ3) is 6.76. The number of nitrogens with zero attached hydrogens (tertiary/aromatic N) is 3. The second kappa shape index (κ2) is 11.4. The van der Waals surface area contributed by atoms with Crippen molar-refractivity contribution in [2.75, 3.05) is 46.8 Å². The van der Waals surface area contributed by atoms with E-state index in [1.54, 1.807) is 36.4 Å². The molecule has 7 heteroatoms. The third-order valence-electron chi connectivity index (χ3n) is 5.76. The van der Waals surface area contributed by atoms with Gasteiger partial charge in [0.05, 0.1) is 4.90 Å². The maximum atomic E-state index is 12.7. The number of sulfonamides is 1. The Morgan fingerprint density at radius 3 is 2.38 bits per heavy atom. The number of amides is 1. The topological polar surface area (TPSA) is 60.9 Å². The van der Waals surface area contributed by atoms with Crippen LogP contribution in [0.4, 0.5) is 0 Å². The van der Waals surface area contributed by atoms with E-state index >= 15 is 0 Å². The summed E-state index contributed by atoms with van der Waals surface area (Å²) in [6.07, 6.45) is 6.51. The Bertz CT molecular complexity index is 1000. The lowest BCUT2D eigenvalue weighted by atomic mass is 10.1. The number of hydrogen-bond donors (Lipinski definition) is 0. The molecular formula is C25H33N3O3S. The molecule has 1 fully saturated rings. The van der Waals surface area contributed by atoms with Crippen LogP contribution in [0, 0.1) is 0 Å². The quantitative estimate of drug-likeness (QED) is 0.574. The van der Waals surface area contributed by atoms with Crippen LogP contribution in [0.3, 0.4) is 0 Å². The first-order valence-electron chi connectivity index (χ1n) is 11.1. The van der Waals surface area contributed by atoms with Gasteiger partial charge in [0.2, 0.25) is 15.9 Å². The number of carbonyl (C=O) groups is 1. The molecule has 0 aromatic heterocycles. The average molecular weight is 456 g/mol. The van der Waals surface area contributed by atoms with Crippen molar-refractivity contribution < 1.29 is 13.2 Å². The molecule has 0 saturated carbocycles. The number of rotatable bonds is 8. The molecule has 3 rings (SSSR count). The largest absolute Gasteiger partial charge is 0.338 e. The molecule has 1 aliphatic rings. The van der Waals surface area contributed by atoms with Crippen molar-refractivity contribution >= 4 is 22.0 Å². The molecule has 1 saturated heterocycles. The first-order valence-corrected chi connectivity index (χ1v) is 12.6. The Kier molecular flexibility index (Phi) is 8.61. The molecule has 0 spiro atoms. The summed E-state index contributed by atoms with van der Waals surface area (Å²) in [5.74, 6) is 0.00104. The Labute approximate surface area is 192 Å². The van der Waals surface area contributed by atoms with Crippen molar-refractivity contribution in [2.24, 2.45) is 0 Å². The Morgan fingerprint density at radius 1 is 0.969 bits per heavy atom. The fourth-order valence-corrected chi connectivity index (χ4v) is 4.70. The number of carbonyl (C=O) groups excluding carboxylic acids is 1. The molecule has 0 aliphatic carbocycles. The van der Waals surface area contributed by atoms with Crippen LogP contribution in [0.25, 0.3) is 6.08 Å². The van der Waals surface area contributed by atoms with Crippen molar-refractivity contribution in [3.63, 3.8) is 0 Å². The minimum atomic E-state index is -3.44. The number of hydrogen-bond acceptors (Lipinski definition) is 4. The van der Waals surface area contributed by atoms with E-state index in [2.05, 4.69) is 29.2 Å². The molecule has 0 N–H and O–H groups in total. The molecular weight excluding hydrogens is 422 g/mol. The summed E-state index contributed by atoms with van der Waals surface area (Å²) in [6, 6.07) is 17.1. The SMILES string of the molecule is CN(C)S(=O)(=O)c1ccc(/C=C/C(=O)N2CCCN(CCCc3ccccc3)CC2)cc1. The zero-order chi connectivity index (χ0) is 23.0. The van der Waals surface area contributed by atoms with Gasteiger partial charge in [-0.3, -0.25) is 4.79 Å². The fraction of sp³-hybridized carbons (Fsp3) is 0.400. The van der Waals surface area contributed by atoms with Crippen molar-refractivity contribution in [3.8, 4) is 0 Å². The fourth-order valence-electron chi connectivity index (χ4n) is 3.80. The van der Waals surface area contributed by atoms with Crippen LogP contribution in [0.15, 0.2) is 65.6 Å². The van der Waals surface area contributed by atoms with Crippen molar-refractivity contribution in [3.05, 3.63) is 71.8 Å². The lowest BCUT2D eigenvalue weighted by Crippen LogP contribution is -2.34. The van der Waals surface area contributed by atoms with Crippen LogP contribution >= 0.6 is 0 Å². The van der Waals surface area contributed by atoms with E-state index in [9.17, 15) is 13.2 Å². The highest BCUT2D eigenvalue weighted by Gasteiger charge is 2.18. The highest BCUT2D eigenvalue weighted by atomic mass is 32.2. The zero-order valence-electron chi connectivity index (χ0n) is 19.0. The summed E-state index contributed by atoms with van der Waals surface area (Å²) in [6.45, 7) is 4.46. The van der Waals surface area contributed by atoms with Gasteiger partial charge in [-0.15, -0.1) is 0 Å². The van der Waals surface area contributed by atoms with Gasteiger partial charge < -0.3 is 9.80 Å². The van der Waals surface area contributed by atoms with E-state index in [1.165, 1.54) is 24.0 Å². The summed E-state index contributed by atoms with van der Waals surface area (Å²) in [5.41, 5.74) is 2.17. The maximum Gasteiger partial charge on any atom is 0.246 e. The van der Waals surface area contributed by atoms with Crippen molar-refractivity contribution in [1.82, 2.24) is 14.1 Å². The molecule has 1 heterocycles. The molecule has 172 valence electrons. The Hall–Kier alpha value is -2.48. The number of benzene rings is 2. The van der Waals surface area contributed by atoms with Gasteiger partial charge in [-0.1, -0.05) is 42.5 Å². The zero-order valence-corrected chi connectivity index (χ0v) is 19.8. The highest BCUT2D eigenvalue weighted by molar-refractivity contribution is 7.89. The minimum absolute atomic E-state index is 0.00104. The first kappa shape index (κ1) is 24.2. The summed E-state index contributed by atoms with van der Waals surface area (Å²) >= 11 is 0. The second-order valence-electron chi connectivity index (χ2n) is 8.30. The lowest BCUT2D eigenvalue weighted by Gasteiger charge is -2.21. The lowest BCUT2D eigenvalue weighted by molar-refractivity contribution is -0.125.